The maximum absolute atomic E-state index is 12.6. The number of fused-ring (bicyclic) bond motifs is 8. The van der Waals surface area contributed by atoms with Crippen LogP contribution in [-0.4, -0.2) is 278 Å². The summed E-state index contributed by atoms with van der Waals surface area (Å²) in [5.74, 6) is -1.40. The van der Waals surface area contributed by atoms with Gasteiger partial charge in [-0.2, -0.15) is 0 Å². The van der Waals surface area contributed by atoms with Crippen molar-refractivity contribution in [2.45, 2.75) is 207 Å². The molecule has 774 valence electrons. The van der Waals surface area contributed by atoms with Crippen molar-refractivity contribution in [3.05, 3.63) is 172 Å². The summed E-state index contributed by atoms with van der Waals surface area (Å²) in [6, 6.07) is 13.3. The third-order valence-corrected chi connectivity index (χ3v) is 21.4. The van der Waals surface area contributed by atoms with Crippen LogP contribution in [0.1, 0.15) is 255 Å². The molecule has 43 nitrogen and oxygen atoms in total. The van der Waals surface area contributed by atoms with E-state index in [4.69, 9.17) is 41.7 Å². The van der Waals surface area contributed by atoms with Gasteiger partial charge < -0.3 is 80.1 Å². The summed E-state index contributed by atoms with van der Waals surface area (Å²) < 4.78 is 36.3. The summed E-state index contributed by atoms with van der Waals surface area (Å²) >= 11 is 3.01. The summed E-state index contributed by atoms with van der Waals surface area (Å²) in [4.78, 5) is 248. The van der Waals surface area contributed by atoms with Crippen molar-refractivity contribution in [2.75, 3.05) is 47.0 Å². The number of piperidine rings is 3. The van der Waals surface area contributed by atoms with Crippen molar-refractivity contribution in [3.8, 4) is 48.9 Å². The van der Waals surface area contributed by atoms with E-state index >= 15 is 0 Å². The van der Waals surface area contributed by atoms with Gasteiger partial charge in [-0.15, -0.1) is 40.4 Å². The molecule has 46 heteroatoms. The average molecular weight is 2110 g/mol. The van der Waals surface area contributed by atoms with E-state index in [1.165, 1.54) is 54.4 Å². The first-order chi connectivity index (χ1) is 66.7. The van der Waals surface area contributed by atoms with Gasteiger partial charge in [0.15, 0.2) is 0 Å². The molecule has 0 spiro atoms. The van der Waals surface area contributed by atoms with Crippen molar-refractivity contribution in [1.82, 2.24) is 25.8 Å². The number of carbonyl (C=O) groups is 22. The minimum Gasteiger partial charge on any atom is -0.870 e. The van der Waals surface area contributed by atoms with Crippen molar-refractivity contribution in [3.63, 3.8) is 0 Å². The molecule has 3 saturated heterocycles. The molecule has 5 aromatic rings. The van der Waals surface area contributed by atoms with Gasteiger partial charge in [0.05, 0.1) is 133 Å². The van der Waals surface area contributed by atoms with E-state index in [9.17, 15) is 126 Å². The molecule has 6 heterocycles. The molecule has 10 amide bonds. The van der Waals surface area contributed by atoms with Crippen LogP contribution < -0.4 is 51.2 Å². The summed E-state index contributed by atoms with van der Waals surface area (Å²) in [5.41, 5.74) is 15.2. The van der Waals surface area contributed by atoms with Crippen LogP contribution in [0.2, 0.25) is 0 Å². The van der Waals surface area contributed by atoms with Crippen LogP contribution in [0.15, 0.2) is 60.7 Å². The maximum atomic E-state index is 12.6. The van der Waals surface area contributed by atoms with E-state index in [0.29, 0.717) is 113 Å². The number of nitrogens with two attached hydrogens (primary N) is 1. The molecule has 0 bridgehead atoms. The number of carboxylic acid groups (broad SMARTS) is 2. The second-order valence-corrected chi connectivity index (χ2v) is 31.4. The number of terminal acetylenes is 3. The molecular weight excluding hydrogens is 2000 g/mol. The number of Topliss-reactive ketones (excluding diaryl/α,β-unsaturated/α-hetero) is 1. The fourth-order valence-corrected chi connectivity index (χ4v) is 14.9. The Labute approximate surface area is 868 Å². The molecule has 4 unspecified atom stereocenters. The SMILES string of the molecule is C.C.C.C#CCBr.C#CCC(O)CC#C.CC(=O)OC(C)=O.CCOC=O.COC(=O)C#CC(=O)OC.COC(=O)c1cc2c(cc1C(=O)OC)CC(O)C2.NC1CCC(=O)NC1=O.O=C(O)c1cc2c(cc1C(=O)O)CC(O)C2.O=C1CCC(N2C(=O)c3cc4c(cc3C2=O)CC(O)C4)C(=O)N1.O=C1Cc2cc3c(cc2C1)C(=O)N(C1CCC(=O)NC1=O)C3=O.O=C1OC(=O)c2cc3c(cc21)CC(O)C3.[2H]CP.[Na+].[OH-]. The summed E-state index contributed by atoms with van der Waals surface area (Å²) in [5, 5.41) is 71.8. The Hall–Kier alpha value is -14.1. The molecule has 5 aromatic carbocycles. The minimum absolute atomic E-state index is 0. The monoisotopic (exact) mass is 2110 g/mol. The van der Waals surface area contributed by atoms with Crippen LogP contribution in [0.5, 0.6) is 0 Å². The largest absolute Gasteiger partial charge is 1.00 e. The molecule has 0 radical (unpaired) electrons. The number of aliphatic hydroxyl groups is 5. The fraction of sp³-hybridized carbons (Fsp3) is 0.394. The Kier molecular flexibility index (Phi) is 56.1. The topological polar surface area (TPSA) is 680 Å². The van der Waals surface area contributed by atoms with Gasteiger partial charge in [-0.05, 0) is 194 Å². The molecule has 145 heavy (non-hydrogen) atoms. The standard InChI is InChI=1S/C16H14N2O5.C16H12N2O5.C13H14O5.C11H10O5.C11H8O4.C7H8O.C6H6O4.C5H8N2O2.C4H6O3.C3H3Br.C3H6O2.CH5P.3CH4.Na.H2O/c2*19-9-3-7-5-10-11(6-8(7)4-9)16(23)18(15(10)22)12-1-2-13(20)17-14(12)21;1-17-12(15)10-5-7-3-9(14)4-8(7)6-11(10)13(16)18-2;12-7-1-5-3-8(10(13)14)9(11(15)16)4-6(5)2-7;12-7-1-5-3-8-9(4-6(5)2-7)11(14)15-10(8)13;1-3-5-7(8)6-4-2;1-9-5(7)3-4-6(8)10-2;6-3-1-2-4(8)7-5(3)9;1-3(5)7-4(2)6;1-2-3-4;1-2-5-3-4;1-2;;;;;/h5-6,9,12,19H,1-4H2,(H,17,20,21);5-6,12H,1-4H2,(H,17,20,21);5-6,9,14H,3-4H2,1-2H3;3-4,7,12H,1-2H2,(H,13,14)(H,15,16);3-4,7,12H,1-2H2;1-2,7-8H,5-6H2;1-2H3;3H,1-2,6H2,(H,7,8,9);1-2H3;1H,3H2;3H,2H2,1H3;2H2,1H3;3*1H4;;1H2/q;;;;;;;;;;;;;;;+1;/p-1/i;;;;;;;;;;;1D;;;;;. The first-order valence-electron chi connectivity index (χ1n) is 42.8. The molecule has 0 aromatic heterocycles. The van der Waals surface area contributed by atoms with Gasteiger partial charge in [-0.1, -0.05) is 50.8 Å². The van der Waals surface area contributed by atoms with Crippen LogP contribution in [0, 0.1) is 48.9 Å². The third kappa shape index (κ3) is 37.2. The average Bonchev–Trinajstić information content (AvgIpc) is 1.59. The molecule has 11 aliphatic rings. The van der Waals surface area contributed by atoms with Gasteiger partial charge in [0, 0.05) is 72.0 Å². The molecule has 6 aliphatic heterocycles. The molecule has 13 N–H and O–H groups in total. The summed E-state index contributed by atoms with van der Waals surface area (Å²) in [7, 11) is 7.11. The van der Waals surface area contributed by atoms with Crippen molar-refractivity contribution in [1.29, 1.82) is 0 Å². The van der Waals surface area contributed by atoms with Gasteiger partial charge in [-0.3, -0.25) is 92.9 Å². The van der Waals surface area contributed by atoms with E-state index < -0.39 is 156 Å². The zero-order valence-corrected chi connectivity index (χ0v) is 82.6. The van der Waals surface area contributed by atoms with Gasteiger partial charge in [-0.25, -0.2) is 38.4 Å². The number of nitrogens with one attached hydrogen (secondary N) is 3. The zero-order chi connectivity index (χ0) is 106. The molecule has 5 aliphatic carbocycles. The van der Waals surface area contributed by atoms with E-state index in [1.54, 1.807) is 55.5 Å². The number of carbonyl (C=O) groups excluding carboxylic acids is 20. The summed E-state index contributed by atoms with van der Waals surface area (Å²) in [6.07, 6.45) is 18.4. The Bertz CT molecular complexity index is 5720. The number of rotatable bonds is 10. The maximum Gasteiger partial charge on any atom is 1.00 e. The molecule has 0 saturated carbocycles. The van der Waals surface area contributed by atoms with Crippen LogP contribution in [-0.2, 0) is 155 Å². The number of methoxy groups -OCH3 is 4. The predicted molar refractivity (Wildman–Crippen MR) is 514 cm³/mol. The van der Waals surface area contributed by atoms with Crippen LogP contribution in [0.25, 0.3) is 0 Å². The zero-order valence-electron chi connectivity index (χ0n) is 78.9. The number of amides is 10. The number of esters is 8. The van der Waals surface area contributed by atoms with E-state index in [1.807, 2.05) is 11.8 Å². The van der Waals surface area contributed by atoms with E-state index in [0.717, 1.165) is 65.4 Å². The fourth-order valence-electron chi connectivity index (χ4n) is 14.9. The van der Waals surface area contributed by atoms with Crippen LogP contribution in [0.4, 0.5) is 0 Å². The molecule has 3 fully saturated rings. The Morgan fingerprint density at radius 1 is 0.497 bits per heavy atom. The Morgan fingerprint density at radius 2 is 0.772 bits per heavy atom. The number of aliphatic hydroxyl groups excluding tert-OH is 5. The second-order valence-electron chi connectivity index (χ2n) is 30.9. The van der Waals surface area contributed by atoms with Crippen molar-refractivity contribution >= 4 is 156 Å². The number of nitrogens with zero attached hydrogens (tertiary/aromatic N) is 2. The number of hydrogen-bond donors (Lipinski definition) is 11. The van der Waals surface area contributed by atoms with Gasteiger partial charge >= 0.3 is 89.3 Å². The predicted octanol–water partition coefficient (Wildman–Crippen LogP) is 0.0179. The Balaban J connectivity index is 0.00000163. The number of ketones is 1. The number of halogens is 1. The normalized spacial score (nSPS) is 16.4. The van der Waals surface area contributed by atoms with E-state index in [2.05, 4.69) is 92.0 Å². The smallest absolute Gasteiger partial charge is 0.870 e. The minimum atomic E-state index is -1.26. The number of cyclic esters (lactones) is 2. The molecule has 16 rings (SSSR count). The van der Waals surface area contributed by atoms with E-state index in [-0.39, 0.29) is 158 Å². The molecule has 4 atom stereocenters. The van der Waals surface area contributed by atoms with Crippen LogP contribution in [0.3, 0.4) is 0 Å². The quantitative estimate of drug-likeness (QED) is 0.00839. The summed E-state index contributed by atoms with van der Waals surface area (Å²) in [6.45, 7) is 5.45. The van der Waals surface area contributed by atoms with Crippen molar-refractivity contribution in [2.24, 2.45) is 5.73 Å². The van der Waals surface area contributed by atoms with Crippen LogP contribution >= 0.6 is 25.2 Å². The number of benzene rings is 5. The first-order valence-corrected chi connectivity index (χ1v) is 44.0. The molecular formula is C99H113BrN6NaO37P. The number of imide groups is 5. The Morgan fingerprint density at radius 3 is 1.00 bits per heavy atom. The number of hydrogen-bond acceptors (Lipinski definition) is 36. The second kappa shape index (κ2) is 63.1. The first kappa shape index (κ1) is 129. The number of aromatic carboxylic acids is 2. The number of ether oxygens (including phenoxy) is 7. The third-order valence-electron chi connectivity index (χ3n) is 21.1. The van der Waals surface area contributed by atoms with Gasteiger partial charge in [0.2, 0.25) is 35.4 Å². The number of alkyl halides is 1. The van der Waals surface area contributed by atoms with Gasteiger partial charge in [0.1, 0.15) is 17.9 Å². The van der Waals surface area contributed by atoms with Gasteiger partial charge in [0.25, 0.3) is 30.1 Å². The van der Waals surface area contributed by atoms with Crippen molar-refractivity contribution < 1.29 is 211 Å². The number of carboxylic acids is 2.